The van der Waals surface area contributed by atoms with E-state index in [1.165, 1.54) is 18.4 Å². The molecule has 1 aliphatic heterocycles. The lowest BCUT2D eigenvalue weighted by Crippen LogP contribution is -2.46. The van der Waals surface area contributed by atoms with Crippen molar-refractivity contribution in [1.82, 2.24) is 4.98 Å². The Morgan fingerprint density at radius 3 is 2.38 bits per heavy atom. The van der Waals surface area contributed by atoms with Crippen LogP contribution in [-0.2, 0) is 4.74 Å². The standard InChI is InChI=1S/C18H22N4O2/c1-14-4-3-5-15(12-14)21-8-10-22(11-9-21)16-6-7-17(19-13-16)20-18(23)24-2/h3-7,12-13H,8-11H2,1-2H3,(H,19,20,23). The summed E-state index contributed by atoms with van der Waals surface area (Å²) in [5.41, 5.74) is 3.63. The number of rotatable bonds is 3. The van der Waals surface area contributed by atoms with E-state index in [2.05, 4.69) is 56.0 Å². The summed E-state index contributed by atoms with van der Waals surface area (Å²) in [5, 5.41) is 2.56. The van der Waals surface area contributed by atoms with Crippen molar-refractivity contribution in [2.75, 3.05) is 48.4 Å². The van der Waals surface area contributed by atoms with Gasteiger partial charge in [0.05, 0.1) is 19.0 Å². The second kappa shape index (κ2) is 7.21. The molecule has 2 aromatic rings. The highest BCUT2D eigenvalue weighted by molar-refractivity contribution is 5.83. The highest BCUT2D eigenvalue weighted by Gasteiger charge is 2.18. The molecule has 6 heteroatoms. The molecule has 0 spiro atoms. The first-order valence-electron chi connectivity index (χ1n) is 8.03. The van der Waals surface area contributed by atoms with Gasteiger partial charge in [0, 0.05) is 31.9 Å². The van der Waals surface area contributed by atoms with Crippen LogP contribution in [0.1, 0.15) is 5.56 Å². The summed E-state index contributed by atoms with van der Waals surface area (Å²) in [5.74, 6) is 0.490. The third kappa shape index (κ3) is 3.76. The number of carbonyl (C=O) groups excluding carboxylic acids is 1. The van der Waals surface area contributed by atoms with Crippen molar-refractivity contribution < 1.29 is 9.53 Å². The lowest BCUT2D eigenvalue weighted by molar-refractivity contribution is 0.187. The van der Waals surface area contributed by atoms with Gasteiger partial charge < -0.3 is 14.5 Å². The van der Waals surface area contributed by atoms with Gasteiger partial charge in [0.1, 0.15) is 5.82 Å². The van der Waals surface area contributed by atoms with Gasteiger partial charge in [-0.1, -0.05) is 12.1 Å². The summed E-state index contributed by atoms with van der Waals surface area (Å²) in [6.45, 7) is 5.96. The van der Waals surface area contributed by atoms with E-state index in [9.17, 15) is 4.79 Å². The first kappa shape index (κ1) is 16.1. The maximum Gasteiger partial charge on any atom is 0.412 e. The quantitative estimate of drug-likeness (QED) is 0.940. The first-order valence-corrected chi connectivity index (χ1v) is 8.03. The Morgan fingerprint density at radius 1 is 1.08 bits per heavy atom. The van der Waals surface area contributed by atoms with Crippen LogP contribution in [0.2, 0.25) is 0 Å². The van der Waals surface area contributed by atoms with Gasteiger partial charge in [-0.15, -0.1) is 0 Å². The summed E-state index contributed by atoms with van der Waals surface area (Å²) in [6, 6.07) is 12.4. The number of piperazine rings is 1. The van der Waals surface area contributed by atoms with E-state index >= 15 is 0 Å². The fraction of sp³-hybridized carbons (Fsp3) is 0.333. The van der Waals surface area contributed by atoms with E-state index in [0.29, 0.717) is 5.82 Å². The largest absolute Gasteiger partial charge is 0.453 e. The first-order chi connectivity index (χ1) is 11.7. The molecule has 1 aliphatic rings. The van der Waals surface area contributed by atoms with Crippen molar-refractivity contribution >= 4 is 23.3 Å². The molecule has 0 saturated carbocycles. The van der Waals surface area contributed by atoms with Crippen LogP contribution in [-0.4, -0.2) is 44.4 Å². The number of aryl methyl sites for hydroxylation is 1. The SMILES string of the molecule is COC(=O)Nc1ccc(N2CCN(c3cccc(C)c3)CC2)cn1. The molecular formula is C18H22N4O2. The van der Waals surface area contributed by atoms with Crippen LogP contribution < -0.4 is 15.1 Å². The summed E-state index contributed by atoms with van der Waals surface area (Å²) in [7, 11) is 1.33. The Morgan fingerprint density at radius 2 is 1.79 bits per heavy atom. The Kier molecular flexibility index (Phi) is 4.84. The predicted molar refractivity (Wildman–Crippen MR) is 95.9 cm³/mol. The number of carbonyl (C=O) groups is 1. The number of ether oxygens (including phenoxy) is 1. The maximum atomic E-state index is 11.2. The lowest BCUT2D eigenvalue weighted by Gasteiger charge is -2.37. The Balaban J connectivity index is 1.59. The number of amides is 1. The molecule has 6 nitrogen and oxygen atoms in total. The van der Waals surface area contributed by atoms with Gasteiger partial charge >= 0.3 is 6.09 Å². The minimum atomic E-state index is -0.512. The molecule has 0 bridgehead atoms. The number of methoxy groups -OCH3 is 1. The summed E-state index contributed by atoms with van der Waals surface area (Å²) < 4.78 is 4.56. The van der Waals surface area contributed by atoms with Crippen LogP contribution in [0.5, 0.6) is 0 Å². The van der Waals surface area contributed by atoms with Crippen molar-refractivity contribution in [2.45, 2.75) is 6.92 Å². The molecule has 24 heavy (non-hydrogen) atoms. The van der Waals surface area contributed by atoms with Crippen molar-refractivity contribution in [3.8, 4) is 0 Å². The molecule has 1 fully saturated rings. The molecule has 1 amide bonds. The maximum absolute atomic E-state index is 11.2. The molecule has 2 heterocycles. The fourth-order valence-corrected chi connectivity index (χ4v) is 2.85. The van der Waals surface area contributed by atoms with Crippen molar-refractivity contribution in [1.29, 1.82) is 0 Å². The van der Waals surface area contributed by atoms with E-state index < -0.39 is 6.09 Å². The number of hydrogen-bond donors (Lipinski definition) is 1. The summed E-state index contributed by atoms with van der Waals surface area (Å²) >= 11 is 0. The molecule has 1 saturated heterocycles. The monoisotopic (exact) mass is 326 g/mol. The predicted octanol–water partition coefficient (Wildman–Crippen LogP) is 2.89. The Bertz CT molecular complexity index is 694. The average Bonchev–Trinajstić information content (AvgIpc) is 2.62. The number of benzene rings is 1. The van der Waals surface area contributed by atoms with Gasteiger partial charge in [0.15, 0.2) is 0 Å². The normalized spacial score (nSPS) is 14.4. The highest BCUT2D eigenvalue weighted by Crippen LogP contribution is 2.21. The van der Waals surface area contributed by atoms with E-state index in [1.807, 2.05) is 6.07 Å². The number of hydrogen-bond acceptors (Lipinski definition) is 5. The molecule has 0 aliphatic carbocycles. The molecule has 1 N–H and O–H groups in total. The van der Waals surface area contributed by atoms with Gasteiger partial charge in [-0.3, -0.25) is 5.32 Å². The molecule has 0 radical (unpaired) electrons. The molecule has 1 aromatic carbocycles. The van der Waals surface area contributed by atoms with Gasteiger partial charge in [-0.25, -0.2) is 9.78 Å². The zero-order valence-electron chi connectivity index (χ0n) is 14.0. The van der Waals surface area contributed by atoms with E-state index in [1.54, 1.807) is 12.3 Å². The molecule has 0 atom stereocenters. The zero-order chi connectivity index (χ0) is 16.9. The van der Waals surface area contributed by atoms with E-state index in [0.717, 1.165) is 31.9 Å². The van der Waals surface area contributed by atoms with Gasteiger partial charge in [-0.05, 0) is 36.8 Å². The molecule has 0 unspecified atom stereocenters. The minimum absolute atomic E-state index is 0.490. The van der Waals surface area contributed by atoms with Gasteiger partial charge in [-0.2, -0.15) is 0 Å². The number of aromatic nitrogens is 1. The zero-order valence-corrected chi connectivity index (χ0v) is 14.0. The number of nitrogens with zero attached hydrogens (tertiary/aromatic N) is 3. The van der Waals surface area contributed by atoms with Crippen molar-refractivity contribution in [3.05, 3.63) is 48.2 Å². The number of anilines is 3. The van der Waals surface area contributed by atoms with E-state index in [-0.39, 0.29) is 0 Å². The van der Waals surface area contributed by atoms with Crippen LogP contribution >= 0.6 is 0 Å². The second-order valence-electron chi connectivity index (χ2n) is 5.83. The molecule has 126 valence electrons. The minimum Gasteiger partial charge on any atom is -0.453 e. The smallest absolute Gasteiger partial charge is 0.412 e. The molecule has 3 rings (SSSR count). The van der Waals surface area contributed by atoms with Crippen LogP contribution in [0.15, 0.2) is 42.6 Å². The fourth-order valence-electron chi connectivity index (χ4n) is 2.85. The van der Waals surface area contributed by atoms with Crippen LogP contribution in [0.4, 0.5) is 22.0 Å². The lowest BCUT2D eigenvalue weighted by atomic mass is 10.2. The summed E-state index contributed by atoms with van der Waals surface area (Å²) in [4.78, 5) is 20.2. The molecular weight excluding hydrogens is 304 g/mol. The highest BCUT2D eigenvalue weighted by atomic mass is 16.5. The second-order valence-corrected chi connectivity index (χ2v) is 5.83. The van der Waals surface area contributed by atoms with Gasteiger partial charge in [0.25, 0.3) is 0 Å². The Labute approximate surface area is 142 Å². The average molecular weight is 326 g/mol. The van der Waals surface area contributed by atoms with Crippen molar-refractivity contribution in [3.63, 3.8) is 0 Å². The number of nitrogens with one attached hydrogen (secondary N) is 1. The third-order valence-corrected chi connectivity index (χ3v) is 4.18. The summed E-state index contributed by atoms with van der Waals surface area (Å²) in [6.07, 6.45) is 1.27. The third-order valence-electron chi connectivity index (χ3n) is 4.18. The van der Waals surface area contributed by atoms with Crippen LogP contribution in [0, 0.1) is 6.92 Å². The topological polar surface area (TPSA) is 57.7 Å². The van der Waals surface area contributed by atoms with Crippen LogP contribution in [0.3, 0.4) is 0 Å². The van der Waals surface area contributed by atoms with Crippen LogP contribution in [0.25, 0.3) is 0 Å². The Hall–Kier alpha value is -2.76. The van der Waals surface area contributed by atoms with Gasteiger partial charge in [0.2, 0.25) is 0 Å². The number of pyridine rings is 1. The van der Waals surface area contributed by atoms with E-state index in [4.69, 9.17) is 0 Å². The van der Waals surface area contributed by atoms with Crippen molar-refractivity contribution in [2.24, 2.45) is 0 Å². The molecule has 1 aromatic heterocycles.